The molecule has 2 aromatic carbocycles. The summed E-state index contributed by atoms with van der Waals surface area (Å²) >= 11 is 0. The first-order valence-corrected chi connectivity index (χ1v) is 12.4. The van der Waals surface area contributed by atoms with Crippen LogP contribution in [0, 0.1) is 5.82 Å². The Morgan fingerprint density at radius 3 is 2.52 bits per heavy atom. The maximum absolute atomic E-state index is 14.1. The number of anilines is 1. The normalized spacial score (nSPS) is 22.4. The van der Waals surface area contributed by atoms with E-state index in [9.17, 15) is 23.0 Å². The van der Waals surface area contributed by atoms with Gasteiger partial charge in [-0.15, -0.1) is 0 Å². The predicted octanol–water partition coefficient (Wildman–Crippen LogP) is 2.55. The van der Waals surface area contributed by atoms with Gasteiger partial charge in [0.05, 0.1) is 23.6 Å². The molecule has 31 heavy (non-hydrogen) atoms. The van der Waals surface area contributed by atoms with Crippen LogP contribution in [0.3, 0.4) is 0 Å². The minimum atomic E-state index is -3.35. The Balaban J connectivity index is 1.42. The Morgan fingerprint density at radius 1 is 1.19 bits per heavy atom. The fraction of sp³-hybridized carbons (Fsp3) is 0.478. The number of β-amino-alcohol motifs (C(OH)–C–C–N with tert-alkyl or cyclic N) is 1. The van der Waals surface area contributed by atoms with Crippen LogP contribution in [0.25, 0.3) is 0 Å². The number of benzene rings is 2. The molecule has 1 saturated heterocycles. The van der Waals surface area contributed by atoms with Crippen molar-refractivity contribution in [1.82, 2.24) is 4.90 Å². The summed E-state index contributed by atoms with van der Waals surface area (Å²) in [6.45, 7) is 3.37. The van der Waals surface area contributed by atoms with Gasteiger partial charge in [-0.05, 0) is 49.4 Å². The number of rotatable bonds is 5. The molecule has 2 N–H and O–H groups in total. The molecule has 2 aromatic rings. The van der Waals surface area contributed by atoms with Crippen molar-refractivity contribution in [3.8, 4) is 0 Å². The van der Waals surface area contributed by atoms with Gasteiger partial charge in [0, 0.05) is 31.2 Å². The first kappa shape index (κ1) is 22.2. The molecular formula is C23H29FN2O4S. The molecule has 0 aliphatic carbocycles. The van der Waals surface area contributed by atoms with Gasteiger partial charge in [-0.2, -0.15) is 0 Å². The van der Waals surface area contributed by atoms with Crippen molar-refractivity contribution in [1.29, 1.82) is 0 Å². The van der Waals surface area contributed by atoms with Gasteiger partial charge in [0.1, 0.15) is 5.82 Å². The molecule has 2 aliphatic heterocycles. The summed E-state index contributed by atoms with van der Waals surface area (Å²) in [5, 5.41) is 21.7. The predicted molar refractivity (Wildman–Crippen MR) is 118 cm³/mol. The van der Waals surface area contributed by atoms with E-state index in [2.05, 4.69) is 4.90 Å². The number of fused-ring (bicyclic) bond motifs is 1. The van der Waals surface area contributed by atoms with Gasteiger partial charge in [0.15, 0.2) is 0 Å². The molecule has 0 aromatic heterocycles. The van der Waals surface area contributed by atoms with E-state index in [1.165, 1.54) is 16.6 Å². The molecule has 8 heteroatoms. The molecule has 1 fully saturated rings. The monoisotopic (exact) mass is 448 g/mol. The average Bonchev–Trinajstić information content (AvgIpc) is 3.05. The Labute approximate surface area is 183 Å². The summed E-state index contributed by atoms with van der Waals surface area (Å²) in [5.41, 5.74) is 1.49. The number of aliphatic hydroxyl groups is 2. The first-order chi connectivity index (χ1) is 14.6. The number of nitrogens with zero attached hydrogens (tertiary/aromatic N) is 2. The van der Waals surface area contributed by atoms with Gasteiger partial charge in [-0.1, -0.05) is 30.3 Å². The van der Waals surface area contributed by atoms with Crippen LogP contribution in [0.5, 0.6) is 0 Å². The van der Waals surface area contributed by atoms with Crippen LogP contribution < -0.4 is 4.31 Å². The van der Waals surface area contributed by atoms with Crippen molar-refractivity contribution in [3.63, 3.8) is 0 Å². The molecule has 2 atom stereocenters. The van der Waals surface area contributed by atoms with E-state index in [1.807, 2.05) is 13.0 Å². The summed E-state index contributed by atoms with van der Waals surface area (Å²) in [6.07, 6.45) is 1.88. The Morgan fingerprint density at radius 2 is 1.87 bits per heavy atom. The van der Waals surface area contributed by atoms with Crippen LogP contribution in [0.15, 0.2) is 42.5 Å². The third-order valence-electron chi connectivity index (χ3n) is 6.49. The molecule has 0 saturated carbocycles. The molecule has 2 aliphatic rings. The van der Waals surface area contributed by atoms with Crippen molar-refractivity contribution >= 4 is 15.7 Å². The maximum atomic E-state index is 14.1. The highest BCUT2D eigenvalue weighted by atomic mass is 32.2. The van der Waals surface area contributed by atoms with E-state index in [0.717, 1.165) is 11.1 Å². The highest BCUT2D eigenvalue weighted by Crippen LogP contribution is 2.37. The molecular weight excluding hydrogens is 419 g/mol. The van der Waals surface area contributed by atoms with Crippen molar-refractivity contribution in [2.45, 2.75) is 43.9 Å². The number of piperidine rings is 1. The molecule has 0 bridgehead atoms. The highest BCUT2D eigenvalue weighted by molar-refractivity contribution is 7.92. The number of halogens is 1. The van der Waals surface area contributed by atoms with E-state index in [4.69, 9.17) is 0 Å². The van der Waals surface area contributed by atoms with Crippen LogP contribution in [-0.4, -0.2) is 55.5 Å². The maximum Gasteiger partial charge on any atom is 0.232 e. The van der Waals surface area contributed by atoms with E-state index in [0.29, 0.717) is 50.1 Å². The summed E-state index contributed by atoms with van der Waals surface area (Å²) in [7, 11) is -3.35. The third kappa shape index (κ3) is 4.35. The lowest BCUT2D eigenvalue weighted by Gasteiger charge is -2.39. The molecule has 0 spiro atoms. The van der Waals surface area contributed by atoms with Gasteiger partial charge in [0.25, 0.3) is 0 Å². The molecule has 0 amide bonds. The zero-order valence-corrected chi connectivity index (χ0v) is 18.6. The molecule has 0 radical (unpaired) electrons. The summed E-state index contributed by atoms with van der Waals surface area (Å²) in [6, 6.07) is 11.6. The van der Waals surface area contributed by atoms with Crippen LogP contribution in [0.4, 0.5) is 10.1 Å². The quantitative estimate of drug-likeness (QED) is 0.735. The Hall–Kier alpha value is -2.00. The topological polar surface area (TPSA) is 81.1 Å². The first-order valence-electron chi connectivity index (χ1n) is 10.6. The summed E-state index contributed by atoms with van der Waals surface area (Å²) < 4.78 is 39.7. The van der Waals surface area contributed by atoms with Crippen LogP contribution in [0.1, 0.15) is 42.6 Å². The fourth-order valence-corrected chi connectivity index (χ4v) is 6.16. The van der Waals surface area contributed by atoms with E-state index in [1.54, 1.807) is 30.3 Å². The fourth-order valence-electron chi connectivity index (χ4n) is 4.90. The number of likely N-dealkylation sites (tertiary alicyclic amines) is 1. The molecule has 0 unspecified atom stereocenters. The minimum absolute atomic E-state index is 0.143. The number of sulfonamides is 1. The van der Waals surface area contributed by atoms with E-state index < -0.39 is 27.5 Å². The van der Waals surface area contributed by atoms with E-state index in [-0.39, 0.29) is 6.04 Å². The second-order valence-corrected chi connectivity index (χ2v) is 10.7. The lowest BCUT2D eigenvalue weighted by Crippen LogP contribution is -2.44. The highest BCUT2D eigenvalue weighted by Gasteiger charge is 2.37. The molecule has 2 heterocycles. The largest absolute Gasteiger partial charge is 0.387 e. The van der Waals surface area contributed by atoms with Crippen molar-refractivity contribution in [3.05, 3.63) is 65.0 Å². The van der Waals surface area contributed by atoms with Gasteiger partial charge in [-0.3, -0.25) is 4.31 Å². The lowest BCUT2D eigenvalue weighted by atomic mass is 9.84. The van der Waals surface area contributed by atoms with Crippen molar-refractivity contribution < 1.29 is 23.0 Å². The van der Waals surface area contributed by atoms with Gasteiger partial charge in [-0.25, -0.2) is 12.8 Å². The number of hydrogen-bond donors (Lipinski definition) is 2. The third-order valence-corrected chi connectivity index (χ3v) is 7.76. The SMILES string of the molecule is C[C@H]1Cc2cc([C@@H](O)CN3CCC(O)(c4ccccc4F)CC3)ccc2N1S(C)(=O)=O. The van der Waals surface area contributed by atoms with Crippen LogP contribution in [-0.2, 0) is 22.0 Å². The van der Waals surface area contributed by atoms with E-state index >= 15 is 0 Å². The second kappa shape index (κ2) is 8.16. The summed E-state index contributed by atoms with van der Waals surface area (Å²) in [4.78, 5) is 2.07. The smallest absolute Gasteiger partial charge is 0.232 e. The Kier molecular flexibility index (Phi) is 5.85. The van der Waals surface area contributed by atoms with Gasteiger partial charge >= 0.3 is 0 Å². The minimum Gasteiger partial charge on any atom is -0.387 e. The Bertz CT molecular complexity index is 1070. The standard InChI is InChI=1S/C23H29FN2O4S/c1-16-13-18-14-17(7-8-21(18)26(16)31(2,29)30)22(27)15-25-11-9-23(28,10-12-25)19-5-3-4-6-20(19)24/h3-8,14,16,22,27-28H,9-13,15H2,1-2H3/t16-,22-/m0/s1. The zero-order chi connectivity index (χ0) is 22.4. The van der Waals surface area contributed by atoms with Crippen LogP contribution in [0.2, 0.25) is 0 Å². The van der Waals surface area contributed by atoms with Gasteiger partial charge in [0.2, 0.25) is 10.0 Å². The van der Waals surface area contributed by atoms with Crippen molar-refractivity contribution in [2.24, 2.45) is 0 Å². The van der Waals surface area contributed by atoms with Gasteiger partial charge < -0.3 is 15.1 Å². The lowest BCUT2D eigenvalue weighted by molar-refractivity contribution is -0.0367. The summed E-state index contributed by atoms with van der Waals surface area (Å²) in [5.74, 6) is -0.394. The molecule has 168 valence electrons. The molecule has 4 rings (SSSR count). The zero-order valence-electron chi connectivity index (χ0n) is 17.8. The molecule has 6 nitrogen and oxygen atoms in total. The number of hydrogen-bond acceptors (Lipinski definition) is 5. The van der Waals surface area contributed by atoms with Crippen LogP contribution >= 0.6 is 0 Å². The average molecular weight is 449 g/mol. The second-order valence-electron chi connectivity index (χ2n) is 8.83. The van der Waals surface area contributed by atoms with Crippen molar-refractivity contribution in [2.75, 3.05) is 30.2 Å². The number of aliphatic hydroxyl groups excluding tert-OH is 1.